The molecule has 1 rings (SSSR count). The molecule has 0 aliphatic heterocycles. The van der Waals surface area contributed by atoms with Gasteiger partial charge in [-0.2, -0.15) is 0 Å². The maximum atomic E-state index is 11.2. The van der Waals surface area contributed by atoms with Crippen LogP contribution in [0.4, 0.5) is 0 Å². The van der Waals surface area contributed by atoms with Crippen LogP contribution in [0, 0.1) is 5.41 Å². The Morgan fingerprint density at radius 3 is 2.74 bits per heavy atom. The molecule has 0 fully saturated rings. The predicted octanol–water partition coefficient (Wildman–Crippen LogP) is 2.02. The zero-order chi connectivity index (χ0) is 13.4. The first-order chi connectivity index (χ1) is 8.71. The van der Waals surface area contributed by atoms with Crippen molar-refractivity contribution in [2.75, 3.05) is 19.8 Å². The normalized spacial score (nSPS) is 17.1. The van der Waals surface area contributed by atoms with Crippen molar-refractivity contribution >= 4 is 24.2 Å². The van der Waals surface area contributed by atoms with Crippen LogP contribution in [0.1, 0.15) is 13.8 Å². The van der Waals surface area contributed by atoms with Crippen LogP contribution in [0.15, 0.2) is 29.6 Å². The molecule has 0 heterocycles. The molecule has 6 heteroatoms. The molecule has 1 unspecified atom stereocenters. The third kappa shape index (κ3) is 5.75. The van der Waals surface area contributed by atoms with Crippen molar-refractivity contribution in [3.8, 4) is 0 Å². The first kappa shape index (κ1) is 17.4. The van der Waals surface area contributed by atoms with E-state index < -0.39 is 12.1 Å². The quantitative estimate of drug-likeness (QED) is 0.599. The molecule has 1 aliphatic carbocycles. The SMILES string of the molecule is CCOC(=O)COC1C=CC(OCC)=CC1=C=N.Cl. The molecule has 0 aromatic carbocycles. The van der Waals surface area contributed by atoms with Crippen molar-refractivity contribution in [3.63, 3.8) is 0 Å². The van der Waals surface area contributed by atoms with Gasteiger partial charge in [-0.05, 0) is 37.9 Å². The van der Waals surface area contributed by atoms with E-state index in [0.29, 0.717) is 24.5 Å². The molecule has 0 bridgehead atoms. The van der Waals surface area contributed by atoms with Crippen molar-refractivity contribution in [1.29, 1.82) is 5.41 Å². The summed E-state index contributed by atoms with van der Waals surface area (Å²) in [6.07, 6.45) is 4.68. The molecule has 1 atom stereocenters. The summed E-state index contributed by atoms with van der Waals surface area (Å²) in [4.78, 5) is 11.2. The zero-order valence-corrected chi connectivity index (χ0v) is 11.8. The first-order valence-electron chi connectivity index (χ1n) is 5.80. The Morgan fingerprint density at radius 1 is 1.42 bits per heavy atom. The van der Waals surface area contributed by atoms with Crippen LogP contribution in [0.2, 0.25) is 0 Å². The van der Waals surface area contributed by atoms with Gasteiger partial charge in [0.1, 0.15) is 18.5 Å². The Morgan fingerprint density at radius 2 is 2.16 bits per heavy atom. The fourth-order valence-corrected chi connectivity index (χ4v) is 1.44. The zero-order valence-electron chi connectivity index (χ0n) is 11.0. The molecule has 0 saturated carbocycles. The smallest absolute Gasteiger partial charge is 0.332 e. The lowest BCUT2D eigenvalue weighted by Gasteiger charge is -2.18. The van der Waals surface area contributed by atoms with E-state index >= 15 is 0 Å². The van der Waals surface area contributed by atoms with Crippen LogP contribution in [0.25, 0.3) is 0 Å². The van der Waals surface area contributed by atoms with Crippen LogP contribution < -0.4 is 0 Å². The number of allylic oxidation sites excluding steroid dienone is 1. The van der Waals surface area contributed by atoms with Crippen molar-refractivity contribution in [3.05, 3.63) is 29.6 Å². The number of carbonyl (C=O) groups is 1. The van der Waals surface area contributed by atoms with Gasteiger partial charge in [0, 0.05) is 5.57 Å². The number of ether oxygens (including phenoxy) is 3. The van der Waals surface area contributed by atoms with Crippen LogP contribution in [0.5, 0.6) is 0 Å². The molecule has 19 heavy (non-hydrogen) atoms. The molecule has 0 aromatic rings. The largest absolute Gasteiger partial charge is 0.494 e. The highest BCUT2D eigenvalue weighted by Gasteiger charge is 2.17. The lowest BCUT2D eigenvalue weighted by molar-refractivity contribution is -0.149. The van der Waals surface area contributed by atoms with Crippen LogP contribution in [-0.2, 0) is 19.0 Å². The molecular weight excluding hydrogens is 270 g/mol. The van der Waals surface area contributed by atoms with Gasteiger partial charge < -0.3 is 14.2 Å². The van der Waals surface area contributed by atoms with Gasteiger partial charge in [-0.15, -0.1) is 12.4 Å². The second kappa shape index (κ2) is 9.39. The van der Waals surface area contributed by atoms with Gasteiger partial charge in [-0.3, -0.25) is 5.41 Å². The second-order valence-electron chi connectivity index (χ2n) is 3.46. The van der Waals surface area contributed by atoms with E-state index in [0.717, 1.165) is 0 Å². The molecule has 0 saturated heterocycles. The summed E-state index contributed by atoms with van der Waals surface area (Å²) in [6, 6.07) is 0. The fourth-order valence-electron chi connectivity index (χ4n) is 1.44. The van der Waals surface area contributed by atoms with Gasteiger partial charge in [0.05, 0.1) is 13.2 Å². The maximum Gasteiger partial charge on any atom is 0.332 e. The van der Waals surface area contributed by atoms with Crippen molar-refractivity contribution in [2.24, 2.45) is 0 Å². The molecule has 106 valence electrons. The second-order valence-corrected chi connectivity index (χ2v) is 3.46. The molecule has 0 radical (unpaired) electrons. The van der Waals surface area contributed by atoms with E-state index in [4.69, 9.17) is 19.6 Å². The summed E-state index contributed by atoms with van der Waals surface area (Å²) in [6.45, 7) is 4.34. The van der Waals surface area contributed by atoms with E-state index in [1.165, 1.54) is 0 Å². The Hall–Kier alpha value is -1.55. The minimum Gasteiger partial charge on any atom is -0.494 e. The van der Waals surface area contributed by atoms with Crippen LogP contribution in [-0.4, -0.2) is 37.8 Å². The Bertz CT molecular complexity index is 411. The van der Waals surface area contributed by atoms with Gasteiger partial charge in [0.2, 0.25) is 0 Å². The number of halogens is 1. The number of carbonyl (C=O) groups excluding carboxylic acids is 1. The number of hydrogen-bond donors (Lipinski definition) is 1. The first-order valence-corrected chi connectivity index (χ1v) is 5.80. The van der Waals surface area contributed by atoms with E-state index in [9.17, 15) is 4.79 Å². The molecule has 0 aromatic heterocycles. The highest BCUT2D eigenvalue weighted by molar-refractivity contribution is 5.85. The Balaban J connectivity index is 0.00000324. The maximum absolute atomic E-state index is 11.2. The third-order valence-corrected chi connectivity index (χ3v) is 2.18. The number of esters is 1. The molecule has 0 spiro atoms. The summed E-state index contributed by atoms with van der Waals surface area (Å²) in [7, 11) is 0. The number of rotatable bonds is 6. The van der Waals surface area contributed by atoms with Gasteiger partial charge in [-0.25, -0.2) is 4.79 Å². The summed E-state index contributed by atoms with van der Waals surface area (Å²) in [5.74, 6) is 2.51. The van der Waals surface area contributed by atoms with Crippen molar-refractivity contribution < 1.29 is 19.0 Å². The topological polar surface area (TPSA) is 68.6 Å². The van der Waals surface area contributed by atoms with E-state index in [1.54, 1.807) is 25.2 Å². The highest BCUT2D eigenvalue weighted by atomic mass is 35.5. The standard InChI is InChI=1S/C13H17NO4.ClH/c1-3-16-11-5-6-12(10(7-11)8-14)18-9-13(15)17-4-2;/h5-7,12,14H,3-4,9H2,1-2H3;1H. The van der Waals surface area contributed by atoms with Crippen LogP contribution >= 0.6 is 12.4 Å². The summed E-state index contributed by atoms with van der Waals surface area (Å²) < 4.78 is 15.4. The summed E-state index contributed by atoms with van der Waals surface area (Å²) in [5, 5.41) is 7.20. The average molecular weight is 288 g/mol. The van der Waals surface area contributed by atoms with E-state index in [2.05, 4.69) is 5.87 Å². The van der Waals surface area contributed by atoms with E-state index in [-0.39, 0.29) is 19.0 Å². The van der Waals surface area contributed by atoms with Gasteiger partial charge in [0.15, 0.2) is 0 Å². The minimum absolute atomic E-state index is 0. The van der Waals surface area contributed by atoms with Gasteiger partial charge in [0.25, 0.3) is 0 Å². The van der Waals surface area contributed by atoms with Crippen molar-refractivity contribution in [1.82, 2.24) is 0 Å². The Labute approximate surface area is 118 Å². The number of hydrogen-bond acceptors (Lipinski definition) is 5. The predicted molar refractivity (Wildman–Crippen MR) is 73.7 cm³/mol. The summed E-state index contributed by atoms with van der Waals surface area (Å²) in [5.41, 5.74) is 0.519. The molecule has 1 N–H and O–H groups in total. The molecule has 5 nitrogen and oxygen atoms in total. The Kier molecular flexibility index (Phi) is 8.62. The minimum atomic E-state index is -0.462. The molecule has 1 aliphatic rings. The molecular formula is C13H18ClNO4. The molecule has 0 amide bonds. The average Bonchev–Trinajstić information content (AvgIpc) is 2.37. The highest BCUT2D eigenvalue weighted by Crippen LogP contribution is 2.18. The summed E-state index contributed by atoms with van der Waals surface area (Å²) >= 11 is 0. The lowest BCUT2D eigenvalue weighted by Crippen LogP contribution is -2.21. The van der Waals surface area contributed by atoms with Crippen LogP contribution in [0.3, 0.4) is 0 Å². The third-order valence-electron chi connectivity index (χ3n) is 2.18. The fraction of sp³-hybridized carbons (Fsp3) is 0.462. The van der Waals surface area contributed by atoms with E-state index in [1.807, 2.05) is 6.92 Å². The van der Waals surface area contributed by atoms with Gasteiger partial charge >= 0.3 is 5.97 Å². The van der Waals surface area contributed by atoms with Crippen molar-refractivity contribution in [2.45, 2.75) is 20.0 Å². The monoisotopic (exact) mass is 287 g/mol. The lowest BCUT2D eigenvalue weighted by atomic mass is 10.1. The van der Waals surface area contributed by atoms with Gasteiger partial charge in [-0.1, -0.05) is 0 Å². The number of nitrogens with one attached hydrogen (secondary N) is 1.